The van der Waals surface area contributed by atoms with E-state index in [9.17, 15) is 22.4 Å². The van der Waals surface area contributed by atoms with Gasteiger partial charge in [0.05, 0.1) is 0 Å². The minimum absolute atomic E-state index is 0.0869. The van der Waals surface area contributed by atoms with Crippen LogP contribution in [-0.4, -0.2) is 33.9 Å². The zero-order chi connectivity index (χ0) is 21.6. The van der Waals surface area contributed by atoms with E-state index in [2.05, 4.69) is 9.97 Å². The summed E-state index contributed by atoms with van der Waals surface area (Å²) >= 11 is 0. The number of amides is 1. The maximum Gasteiger partial charge on any atom is 0.280 e. The fraction of sp³-hybridized carbons (Fsp3) is 0.476. The number of aryl methyl sites for hydroxylation is 1. The topological polar surface area (TPSA) is 49.3 Å². The normalized spacial score (nSPS) is 16.4. The Kier molecular flexibility index (Phi) is 5.38. The number of aromatic nitrogens is 2. The second-order valence-corrected chi connectivity index (χ2v) is 7.93. The number of hydrogen-bond acceptors (Lipinski definition) is 4. The van der Waals surface area contributed by atoms with E-state index in [1.165, 1.54) is 12.3 Å². The number of alkyl halides is 4. The lowest BCUT2D eigenvalue weighted by molar-refractivity contribution is -0.133. The molecular weight excluding hydrogens is 400 g/mol. The summed E-state index contributed by atoms with van der Waals surface area (Å²) in [5, 5.41) is 0. The molecule has 1 saturated heterocycles. The minimum atomic E-state index is -2.67. The Morgan fingerprint density at radius 3 is 2.50 bits per heavy atom. The van der Waals surface area contributed by atoms with Gasteiger partial charge in [0.1, 0.15) is 11.4 Å². The largest absolute Gasteiger partial charge is 0.371 e. The Morgan fingerprint density at radius 1 is 1.13 bits per heavy atom. The van der Waals surface area contributed by atoms with E-state index >= 15 is 0 Å². The maximum atomic E-state index is 13.4. The highest BCUT2D eigenvalue weighted by atomic mass is 19.3. The SMILES string of the molecule is Cc1nc(C(F)F)c2c(c1C)CN(C(=O)CC1CN(c3ccnc(C(F)F)c3)C1)C2. The highest BCUT2D eigenvalue weighted by Crippen LogP contribution is 2.35. The van der Waals surface area contributed by atoms with Crippen molar-refractivity contribution in [3.8, 4) is 0 Å². The molecule has 30 heavy (non-hydrogen) atoms. The van der Waals surface area contributed by atoms with E-state index in [-0.39, 0.29) is 29.8 Å². The predicted molar refractivity (Wildman–Crippen MR) is 102 cm³/mol. The molecule has 4 heterocycles. The van der Waals surface area contributed by atoms with E-state index in [4.69, 9.17) is 0 Å². The third kappa shape index (κ3) is 3.73. The third-order valence-corrected chi connectivity index (χ3v) is 5.99. The fourth-order valence-electron chi connectivity index (χ4n) is 4.15. The van der Waals surface area contributed by atoms with Gasteiger partial charge in [-0.2, -0.15) is 0 Å². The van der Waals surface area contributed by atoms with Crippen molar-refractivity contribution in [1.82, 2.24) is 14.9 Å². The average Bonchev–Trinajstić information content (AvgIpc) is 3.12. The molecule has 5 nitrogen and oxygen atoms in total. The Labute approximate surface area is 171 Å². The molecule has 9 heteroatoms. The number of rotatable bonds is 5. The smallest absolute Gasteiger partial charge is 0.280 e. The van der Waals surface area contributed by atoms with Crippen LogP contribution >= 0.6 is 0 Å². The van der Waals surface area contributed by atoms with Crippen molar-refractivity contribution in [2.24, 2.45) is 5.92 Å². The molecule has 0 saturated carbocycles. The van der Waals surface area contributed by atoms with Gasteiger partial charge >= 0.3 is 0 Å². The van der Waals surface area contributed by atoms with E-state index in [0.717, 1.165) is 11.1 Å². The molecule has 0 atom stereocenters. The van der Waals surface area contributed by atoms with E-state index in [1.807, 2.05) is 11.8 Å². The second-order valence-electron chi connectivity index (χ2n) is 7.93. The summed E-state index contributed by atoms with van der Waals surface area (Å²) < 4.78 is 52.4. The molecule has 160 valence electrons. The number of fused-ring (bicyclic) bond motifs is 1. The first-order valence-electron chi connectivity index (χ1n) is 9.78. The van der Waals surface area contributed by atoms with Gasteiger partial charge in [0.15, 0.2) is 0 Å². The number of nitrogens with zero attached hydrogens (tertiary/aromatic N) is 4. The molecule has 4 rings (SSSR count). The minimum Gasteiger partial charge on any atom is -0.371 e. The standard InChI is InChI=1S/C21H22F4N4O/c1-11-12(2)27-19(21(24)25)16-10-29(9-15(11)16)18(30)5-13-7-28(8-13)14-3-4-26-17(6-14)20(22)23/h3-4,6,13,20-21H,5,7-10H2,1-2H3. The molecule has 1 amide bonds. The van der Waals surface area contributed by atoms with Gasteiger partial charge in [0, 0.05) is 61.7 Å². The Morgan fingerprint density at radius 2 is 1.83 bits per heavy atom. The summed E-state index contributed by atoms with van der Waals surface area (Å²) in [5.41, 5.74) is 2.82. The van der Waals surface area contributed by atoms with Crippen molar-refractivity contribution in [2.75, 3.05) is 18.0 Å². The van der Waals surface area contributed by atoms with Crippen molar-refractivity contribution >= 4 is 11.6 Å². The predicted octanol–water partition coefficient (Wildman–Crippen LogP) is 4.34. The molecule has 0 bridgehead atoms. The summed E-state index contributed by atoms with van der Waals surface area (Å²) in [7, 11) is 0. The number of carbonyl (C=O) groups excluding carboxylic acids is 1. The van der Waals surface area contributed by atoms with Crippen molar-refractivity contribution in [1.29, 1.82) is 0 Å². The number of carbonyl (C=O) groups is 1. The molecule has 2 aromatic rings. The molecule has 0 unspecified atom stereocenters. The number of anilines is 1. The van der Waals surface area contributed by atoms with Gasteiger partial charge in [-0.3, -0.25) is 14.8 Å². The molecule has 0 N–H and O–H groups in total. The van der Waals surface area contributed by atoms with Gasteiger partial charge in [-0.05, 0) is 37.1 Å². The summed E-state index contributed by atoms with van der Waals surface area (Å²) in [4.78, 5) is 24.0. The molecule has 0 spiro atoms. The monoisotopic (exact) mass is 422 g/mol. The first-order chi connectivity index (χ1) is 14.2. The lowest BCUT2D eigenvalue weighted by atomic mass is 9.95. The second kappa shape index (κ2) is 7.85. The van der Waals surface area contributed by atoms with Crippen LogP contribution in [0.4, 0.5) is 23.2 Å². The van der Waals surface area contributed by atoms with Gasteiger partial charge in [-0.25, -0.2) is 17.6 Å². The van der Waals surface area contributed by atoms with Crippen molar-refractivity contribution in [3.63, 3.8) is 0 Å². The average molecular weight is 422 g/mol. The highest BCUT2D eigenvalue weighted by Gasteiger charge is 2.35. The van der Waals surface area contributed by atoms with Gasteiger partial charge in [0.2, 0.25) is 5.91 Å². The Hall–Kier alpha value is -2.71. The summed E-state index contributed by atoms with van der Waals surface area (Å²) in [6.45, 7) is 5.19. The lowest BCUT2D eigenvalue weighted by Crippen LogP contribution is -2.48. The summed E-state index contributed by atoms with van der Waals surface area (Å²) in [6.07, 6.45) is -3.64. The van der Waals surface area contributed by atoms with Crippen molar-refractivity contribution in [2.45, 2.75) is 46.2 Å². The Balaban J connectivity index is 1.38. The fourth-order valence-corrected chi connectivity index (χ4v) is 4.15. The quantitative estimate of drug-likeness (QED) is 0.673. The zero-order valence-electron chi connectivity index (χ0n) is 16.7. The van der Waals surface area contributed by atoms with Gasteiger partial charge < -0.3 is 9.80 Å². The number of hydrogen-bond donors (Lipinski definition) is 0. The van der Waals surface area contributed by atoms with E-state index in [0.29, 0.717) is 43.0 Å². The molecule has 0 aromatic carbocycles. The number of halogens is 4. The van der Waals surface area contributed by atoms with Gasteiger partial charge in [-0.15, -0.1) is 0 Å². The first kappa shape index (κ1) is 20.6. The highest BCUT2D eigenvalue weighted by molar-refractivity contribution is 5.78. The van der Waals surface area contributed by atoms with E-state index < -0.39 is 12.9 Å². The molecular formula is C21H22F4N4O. The van der Waals surface area contributed by atoms with Crippen molar-refractivity contribution < 1.29 is 22.4 Å². The Bertz CT molecular complexity index is 976. The molecule has 2 aliphatic rings. The molecule has 2 aromatic heterocycles. The van der Waals surface area contributed by atoms with Crippen LogP contribution in [0.2, 0.25) is 0 Å². The zero-order valence-corrected chi connectivity index (χ0v) is 16.7. The molecule has 0 aliphatic carbocycles. The molecule has 2 aliphatic heterocycles. The molecule has 1 fully saturated rings. The van der Waals surface area contributed by atoms with Crippen molar-refractivity contribution in [3.05, 3.63) is 52.1 Å². The third-order valence-electron chi connectivity index (χ3n) is 5.99. The summed E-state index contributed by atoms with van der Waals surface area (Å²) in [5.74, 6) is 0.0102. The van der Waals surface area contributed by atoms with Crippen LogP contribution in [0.3, 0.4) is 0 Å². The summed E-state index contributed by atoms with van der Waals surface area (Å²) in [6, 6.07) is 3.04. The van der Waals surface area contributed by atoms with E-state index in [1.54, 1.807) is 17.9 Å². The number of pyridine rings is 2. The van der Waals surface area contributed by atoms with Crippen LogP contribution in [0, 0.1) is 19.8 Å². The lowest BCUT2D eigenvalue weighted by Gasteiger charge is -2.41. The van der Waals surface area contributed by atoms with Gasteiger partial charge in [-0.1, -0.05) is 0 Å². The van der Waals surface area contributed by atoms with Crippen LogP contribution in [0.1, 0.15) is 53.0 Å². The van der Waals surface area contributed by atoms with Crippen LogP contribution in [0.5, 0.6) is 0 Å². The van der Waals surface area contributed by atoms with Gasteiger partial charge in [0.25, 0.3) is 12.9 Å². The van der Waals surface area contributed by atoms with Crippen LogP contribution in [-0.2, 0) is 17.9 Å². The maximum absolute atomic E-state index is 13.4. The molecule has 0 radical (unpaired) electrons. The van der Waals surface area contributed by atoms with Crippen LogP contribution < -0.4 is 4.90 Å². The van der Waals surface area contributed by atoms with Crippen LogP contribution in [0.15, 0.2) is 18.3 Å². The van der Waals surface area contributed by atoms with Crippen LogP contribution in [0.25, 0.3) is 0 Å². The first-order valence-corrected chi connectivity index (χ1v) is 9.78.